The maximum absolute atomic E-state index is 11.4. The number of non-ortho nitro benzene ring substituents is 1. The molecule has 0 bridgehead atoms. The van der Waals surface area contributed by atoms with Crippen molar-refractivity contribution in [2.75, 3.05) is 13.7 Å². The van der Waals surface area contributed by atoms with E-state index >= 15 is 0 Å². The normalized spacial score (nSPS) is 10.0. The predicted octanol–water partition coefficient (Wildman–Crippen LogP) is 0.607. The number of nitrogens with zero attached hydrogens (tertiary/aromatic N) is 1. The van der Waals surface area contributed by atoms with Gasteiger partial charge in [-0.3, -0.25) is 20.2 Å². The smallest absolute Gasteiger partial charge is 0.331 e. The van der Waals surface area contributed by atoms with Crippen LogP contribution in [0.25, 0.3) is 6.08 Å². The summed E-state index contributed by atoms with van der Waals surface area (Å²) in [6.07, 6.45) is 2.33. The molecule has 0 saturated heterocycles. The second kappa shape index (κ2) is 8.15. The number of benzene rings is 1. The third-order valence-corrected chi connectivity index (χ3v) is 2.32. The summed E-state index contributed by atoms with van der Waals surface area (Å²) in [5.41, 5.74) is 0.321. The summed E-state index contributed by atoms with van der Waals surface area (Å²) in [6, 6.07) is 4.92. The fourth-order valence-corrected chi connectivity index (χ4v) is 1.32. The molecule has 0 aliphatic carbocycles. The van der Waals surface area contributed by atoms with Crippen LogP contribution in [0.15, 0.2) is 30.3 Å². The molecule has 0 saturated carbocycles. The average molecular weight is 307 g/mol. The van der Waals surface area contributed by atoms with Crippen LogP contribution in [0.1, 0.15) is 5.56 Å². The van der Waals surface area contributed by atoms with Crippen molar-refractivity contribution in [1.29, 1.82) is 0 Å². The predicted molar refractivity (Wildman–Crippen MR) is 75.7 cm³/mol. The molecule has 0 atom stereocenters. The van der Waals surface area contributed by atoms with Gasteiger partial charge in [0.05, 0.1) is 4.92 Å². The number of nitro benzene ring substituents is 1. The molecule has 0 aromatic heterocycles. The van der Waals surface area contributed by atoms with Gasteiger partial charge in [-0.05, 0) is 11.6 Å². The van der Waals surface area contributed by atoms with Crippen molar-refractivity contribution >= 4 is 29.7 Å². The SMILES string of the molecule is CNC(=O)NC(=O)COC(=O)C=Cc1cccc([N+](=O)[O-])c1. The summed E-state index contributed by atoms with van der Waals surface area (Å²) in [5, 5.41) is 14.7. The number of imide groups is 1. The number of urea groups is 1. The maximum Gasteiger partial charge on any atom is 0.331 e. The van der Waals surface area contributed by atoms with Gasteiger partial charge in [0.2, 0.25) is 0 Å². The lowest BCUT2D eigenvalue weighted by Gasteiger charge is -2.03. The summed E-state index contributed by atoms with van der Waals surface area (Å²) in [7, 11) is 1.33. The van der Waals surface area contributed by atoms with Gasteiger partial charge in [-0.2, -0.15) is 0 Å². The van der Waals surface area contributed by atoms with Gasteiger partial charge < -0.3 is 10.1 Å². The van der Waals surface area contributed by atoms with E-state index in [0.717, 1.165) is 6.08 Å². The lowest BCUT2D eigenvalue weighted by Crippen LogP contribution is -2.39. The first-order valence-electron chi connectivity index (χ1n) is 6.03. The van der Waals surface area contributed by atoms with Crippen LogP contribution in [-0.4, -0.2) is 36.5 Å². The van der Waals surface area contributed by atoms with Crippen molar-refractivity contribution in [3.05, 3.63) is 46.0 Å². The zero-order valence-electron chi connectivity index (χ0n) is 11.6. The van der Waals surface area contributed by atoms with Crippen LogP contribution in [0.4, 0.5) is 10.5 Å². The number of hydrogen-bond donors (Lipinski definition) is 2. The number of ether oxygens (including phenoxy) is 1. The van der Waals surface area contributed by atoms with E-state index in [4.69, 9.17) is 0 Å². The quantitative estimate of drug-likeness (QED) is 0.355. The molecule has 0 unspecified atom stereocenters. The molecule has 9 heteroatoms. The standard InChI is InChI=1S/C13H13N3O6/c1-14-13(19)15-11(17)8-22-12(18)6-5-9-3-2-4-10(7-9)16(20)21/h2-7H,8H2,1H3,(H2,14,15,17,19). The molecule has 3 amide bonds. The zero-order chi connectivity index (χ0) is 16.5. The highest BCUT2D eigenvalue weighted by atomic mass is 16.6. The van der Waals surface area contributed by atoms with Crippen molar-refractivity contribution in [3.8, 4) is 0 Å². The first-order valence-corrected chi connectivity index (χ1v) is 6.03. The summed E-state index contributed by atoms with van der Waals surface area (Å²) >= 11 is 0. The van der Waals surface area contributed by atoms with E-state index in [1.54, 1.807) is 6.07 Å². The highest BCUT2D eigenvalue weighted by molar-refractivity contribution is 5.96. The number of nitrogens with one attached hydrogen (secondary N) is 2. The summed E-state index contributed by atoms with van der Waals surface area (Å²) in [5.74, 6) is -1.60. The third-order valence-electron chi connectivity index (χ3n) is 2.32. The Balaban J connectivity index is 2.51. The highest BCUT2D eigenvalue weighted by Gasteiger charge is 2.08. The molecule has 1 aromatic carbocycles. The molecule has 1 aromatic rings. The molecule has 0 aliphatic heterocycles. The minimum atomic E-state index is -0.821. The van der Waals surface area contributed by atoms with E-state index in [2.05, 4.69) is 10.1 Å². The van der Waals surface area contributed by atoms with Gasteiger partial charge in [0.1, 0.15) is 0 Å². The van der Waals surface area contributed by atoms with Crippen LogP contribution in [-0.2, 0) is 14.3 Å². The Labute approximate surface area is 125 Å². The Morgan fingerprint density at radius 2 is 2.09 bits per heavy atom. The number of hydrogen-bond acceptors (Lipinski definition) is 6. The minimum absolute atomic E-state index is 0.111. The van der Waals surface area contributed by atoms with Crippen molar-refractivity contribution in [2.24, 2.45) is 0 Å². The molecule has 22 heavy (non-hydrogen) atoms. The number of amides is 3. The zero-order valence-corrected chi connectivity index (χ0v) is 11.6. The highest BCUT2D eigenvalue weighted by Crippen LogP contribution is 2.14. The Morgan fingerprint density at radius 1 is 1.36 bits per heavy atom. The van der Waals surface area contributed by atoms with Crippen LogP contribution in [0.2, 0.25) is 0 Å². The third kappa shape index (κ3) is 5.82. The largest absolute Gasteiger partial charge is 0.452 e. The maximum atomic E-state index is 11.4. The molecular formula is C13H13N3O6. The van der Waals surface area contributed by atoms with Crippen LogP contribution in [0, 0.1) is 10.1 Å². The summed E-state index contributed by atoms with van der Waals surface area (Å²) in [4.78, 5) is 43.4. The van der Waals surface area contributed by atoms with Crippen LogP contribution in [0.3, 0.4) is 0 Å². The van der Waals surface area contributed by atoms with Crippen LogP contribution in [0.5, 0.6) is 0 Å². The van der Waals surface area contributed by atoms with E-state index in [0.29, 0.717) is 5.56 Å². The van der Waals surface area contributed by atoms with Crippen molar-refractivity contribution in [2.45, 2.75) is 0 Å². The molecule has 116 valence electrons. The summed E-state index contributed by atoms with van der Waals surface area (Å²) < 4.78 is 4.60. The van der Waals surface area contributed by atoms with E-state index in [9.17, 15) is 24.5 Å². The average Bonchev–Trinajstić information content (AvgIpc) is 2.51. The monoisotopic (exact) mass is 307 g/mol. The van der Waals surface area contributed by atoms with Gasteiger partial charge in [0.15, 0.2) is 6.61 Å². The second-order valence-corrected chi connectivity index (χ2v) is 3.92. The van der Waals surface area contributed by atoms with Crippen LogP contribution < -0.4 is 10.6 Å². The topological polar surface area (TPSA) is 128 Å². The number of rotatable bonds is 5. The Kier molecular flexibility index (Phi) is 6.23. The van der Waals surface area contributed by atoms with E-state index in [1.807, 2.05) is 5.32 Å². The van der Waals surface area contributed by atoms with E-state index in [-0.39, 0.29) is 5.69 Å². The van der Waals surface area contributed by atoms with Gasteiger partial charge in [0.25, 0.3) is 11.6 Å². The molecule has 9 nitrogen and oxygen atoms in total. The molecule has 0 heterocycles. The first kappa shape index (κ1) is 16.8. The van der Waals surface area contributed by atoms with Crippen molar-refractivity contribution in [1.82, 2.24) is 10.6 Å². The number of carbonyl (C=O) groups excluding carboxylic acids is 3. The van der Waals surface area contributed by atoms with E-state index < -0.39 is 29.4 Å². The molecule has 0 radical (unpaired) electrons. The molecular weight excluding hydrogens is 294 g/mol. The van der Waals surface area contributed by atoms with Gasteiger partial charge in [-0.1, -0.05) is 12.1 Å². The summed E-state index contributed by atoms with van der Waals surface area (Å²) in [6.45, 7) is -0.620. The molecule has 2 N–H and O–H groups in total. The first-order chi connectivity index (χ1) is 10.4. The van der Waals surface area contributed by atoms with Crippen LogP contribution >= 0.6 is 0 Å². The van der Waals surface area contributed by atoms with Gasteiger partial charge in [0, 0.05) is 25.3 Å². The number of nitro groups is 1. The van der Waals surface area contributed by atoms with Gasteiger partial charge in [-0.15, -0.1) is 0 Å². The van der Waals surface area contributed by atoms with Gasteiger partial charge >= 0.3 is 12.0 Å². The molecule has 0 fully saturated rings. The lowest BCUT2D eigenvalue weighted by molar-refractivity contribution is -0.384. The lowest BCUT2D eigenvalue weighted by atomic mass is 10.2. The fraction of sp³-hybridized carbons (Fsp3) is 0.154. The second-order valence-electron chi connectivity index (χ2n) is 3.92. The molecule has 1 rings (SSSR count). The Hall–Kier alpha value is -3.23. The minimum Gasteiger partial charge on any atom is -0.452 e. The number of esters is 1. The van der Waals surface area contributed by atoms with Crippen molar-refractivity contribution in [3.63, 3.8) is 0 Å². The van der Waals surface area contributed by atoms with E-state index in [1.165, 1.54) is 31.3 Å². The Morgan fingerprint density at radius 3 is 2.73 bits per heavy atom. The van der Waals surface area contributed by atoms with Gasteiger partial charge in [-0.25, -0.2) is 9.59 Å². The fourth-order valence-electron chi connectivity index (χ4n) is 1.32. The molecule has 0 aliphatic rings. The number of carbonyl (C=O) groups is 3. The molecule has 0 spiro atoms. The Bertz CT molecular complexity index is 626. The van der Waals surface area contributed by atoms with Crippen molar-refractivity contribution < 1.29 is 24.0 Å².